The van der Waals surface area contributed by atoms with E-state index in [1.807, 2.05) is 6.92 Å². The van der Waals surface area contributed by atoms with Crippen molar-refractivity contribution in [2.45, 2.75) is 46.0 Å². The Morgan fingerprint density at radius 3 is 2.26 bits per heavy atom. The molecular formula is C26H28F2N4O3. The van der Waals surface area contributed by atoms with Crippen LogP contribution in [-0.4, -0.2) is 28.0 Å². The molecule has 1 aromatic heterocycles. The van der Waals surface area contributed by atoms with Gasteiger partial charge in [-0.05, 0) is 43.7 Å². The summed E-state index contributed by atoms with van der Waals surface area (Å²) >= 11 is 0. The fourth-order valence-corrected chi connectivity index (χ4v) is 3.73. The number of carbonyl (C=O) groups excluding carboxylic acids is 3. The van der Waals surface area contributed by atoms with E-state index >= 15 is 0 Å². The van der Waals surface area contributed by atoms with Gasteiger partial charge in [0, 0.05) is 47.1 Å². The van der Waals surface area contributed by atoms with Crippen molar-refractivity contribution in [3.63, 3.8) is 0 Å². The molecule has 3 N–H and O–H groups in total. The Bertz CT molecular complexity index is 1280. The topological polar surface area (TPSA) is 104 Å². The van der Waals surface area contributed by atoms with Gasteiger partial charge in [0.05, 0.1) is 5.52 Å². The molecular weight excluding hydrogens is 454 g/mol. The number of alkyl halides is 2. The second-order valence-electron chi connectivity index (χ2n) is 8.34. The predicted molar refractivity (Wildman–Crippen MR) is 132 cm³/mol. The lowest BCUT2D eigenvalue weighted by atomic mass is 10.0. The maximum atomic E-state index is 14.0. The van der Waals surface area contributed by atoms with Crippen LogP contribution in [0.3, 0.4) is 0 Å². The largest absolute Gasteiger partial charge is 0.325 e. The average Bonchev–Trinajstić information content (AvgIpc) is 3.22. The number of hydrogen-bond donors (Lipinski definition) is 3. The van der Waals surface area contributed by atoms with Gasteiger partial charge >= 0.3 is 0 Å². The van der Waals surface area contributed by atoms with E-state index in [0.717, 1.165) is 11.5 Å². The number of amides is 2. The molecule has 2 aromatic carbocycles. The molecule has 184 valence electrons. The summed E-state index contributed by atoms with van der Waals surface area (Å²) < 4.78 is 29.6. The van der Waals surface area contributed by atoms with Gasteiger partial charge in [-0.15, -0.1) is 0 Å². The summed E-state index contributed by atoms with van der Waals surface area (Å²) in [6.07, 6.45) is 2.35. The molecule has 1 unspecified atom stereocenters. The zero-order valence-corrected chi connectivity index (χ0v) is 19.8. The standard InChI is InChI=1S/C26H28F2N4O3/c1-4-7-22(33)32-13-12-17-10-11-20(15-21(17)32)31-25(35)23(16(3)29)24(34)30-19-9-6-8-18(14-19)26(27,28)5-2/h6,8-15,23,29H,4-5,7H2,1-3H3,(H,30,34)(H,31,35). The zero-order valence-electron chi connectivity index (χ0n) is 19.8. The molecule has 0 saturated carbocycles. The molecule has 0 radical (unpaired) electrons. The first kappa shape index (κ1) is 25.7. The van der Waals surface area contributed by atoms with Crippen molar-refractivity contribution in [2.24, 2.45) is 5.92 Å². The lowest BCUT2D eigenvalue weighted by molar-refractivity contribution is -0.126. The first-order chi connectivity index (χ1) is 16.6. The molecule has 0 spiro atoms. The van der Waals surface area contributed by atoms with E-state index in [9.17, 15) is 23.2 Å². The fourth-order valence-electron chi connectivity index (χ4n) is 3.73. The van der Waals surface area contributed by atoms with Crippen LogP contribution < -0.4 is 10.6 Å². The molecule has 1 atom stereocenters. The van der Waals surface area contributed by atoms with Gasteiger partial charge in [0.25, 0.3) is 5.92 Å². The maximum absolute atomic E-state index is 14.0. The molecule has 0 aliphatic rings. The van der Waals surface area contributed by atoms with Crippen molar-refractivity contribution >= 4 is 45.7 Å². The van der Waals surface area contributed by atoms with Gasteiger partial charge in [-0.1, -0.05) is 32.0 Å². The van der Waals surface area contributed by atoms with E-state index in [4.69, 9.17) is 5.41 Å². The highest BCUT2D eigenvalue weighted by Crippen LogP contribution is 2.32. The van der Waals surface area contributed by atoms with Gasteiger partial charge in [0.2, 0.25) is 17.7 Å². The molecule has 3 rings (SSSR count). The molecule has 7 nitrogen and oxygen atoms in total. The van der Waals surface area contributed by atoms with Gasteiger partial charge in [-0.25, -0.2) is 8.78 Å². The summed E-state index contributed by atoms with van der Waals surface area (Å²) in [5, 5.41) is 13.9. The minimum Gasteiger partial charge on any atom is -0.325 e. The normalized spacial score (nSPS) is 12.3. The number of hydrogen-bond acceptors (Lipinski definition) is 4. The second kappa shape index (κ2) is 10.6. The average molecular weight is 483 g/mol. The Hall–Kier alpha value is -3.88. The number of nitrogens with zero attached hydrogens (tertiary/aromatic N) is 1. The van der Waals surface area contributed by atoms with Crippen molar-refractivity contribution in [1.82, 2.24) is 4.57 Å². The van der Waals surface area contributed by atoms with Crippen LogP contribution in [0, 0.1) is 11.3 Å². The first-order valence-electron chi connectivity index (χ1n) is 11.4. The molecule has 0 bridgehead atoms. The number of anilines is 2. The molecule has 0 aliphatic carbocycles. The highest BCUT2D eigenvalue weighted by atomic mass is 19.3. The number of nitrogens with one attached hydrogen (secondary N) is 3. The number of rotatable bonds is 9. The van der Waals surface area contributed by atoms with Crippen LogP contribution >= 0.6 is 0 Å². The fraction of sp³-hybridized carbons (Fsp3) is 0.308. The molecule has 3 aromatic rings. The number of fused-ring (bicyclic) bond motifs is 1. The van der Waals surface area contributed by atoms with Gasteiger partial charge < -0.3 is 16.0 Å². The summed E-state index contributed by atoms with van der Waals surface area (Å²) in [7, 11) is 0. The number of benzene rings is 2. The van der Waals surface area contributed by atoms with Crippen molar-refractivity contribution in [1.29, 1.82) is 5.41 Å². The van der Waals surface area contributed by atoms with E-state index in [0.29, 0.717) is 24.0 Å². The Morgan fingerprint density at radius 2 is 1.66 bits per heavy atom. The second-order valence-corrected chi connectivity index (χ2v) is 8.34. The number of aromatic nitrogens is 1. The quantitative estimate of drug-likeness (QED) is 0.265. The van der Waals surface area contributed by atoms with Crippen LogP contribution in [0.4, 0.5) is 20.2 Å². The summed E-state index contributed by atoms with van der Waals surface area (Å²) in [5.41, 5.74) is 0.614. The molecule has 0 saturated heterocycles. The van der Waals surface area contributed by atoms with Crippen molar-refractivity contribution in [3.8, 4) is 0 Å². The van der Waals surface area contributed by atoms with Gasteiger partial charge in [0.15, 0.2) is 5.92 Å². The van der Waals surface area contributed by atoms with Crippen LogP contribution in [0.1, 0.15) is 50.4 Å². The Morgan fingerprint density at radius 1 is 1.00 bits per heavy atom. The molecule has 2 amide bonds. The molecule has 35 heavy (non-hydrogen) atoms. The monoisotopic (exact) mass is 482 g/mol. The highest BCUT2D eigenvalue weighted by Gasteiger charge is 2.31. The van der Waals surface area contributed by atoms with E-state index in [1.54, 1.807) is 30.5 Å². The molecule has 0 aliphatic heterocycles. The van der Waals surface area contributed by atoms with E-state index in [1.165, 1.54) is 36.6 Å². The van der Waals surface area contributed by atoms with Crippen LogP contribution in [0.5, 0.6) is 0 Å². The Balaban J connectivity index is 1.80. The van der Waals surface area contributed by atoms with Crippen LogP contribution in [0.2, 0.25) is 0 Å². The third-order valence-electron chi connectivity index (χ3n) is 5.65. The third-order valence-corrected chi connectivity index (χ3v) is 5.65. The lowest BCUT2D eigenvalue weighted by Gasteiger charge is -2.18. The van der Waals surface area contributed by atoms with Crippen molar-refractivity contribution in [2.75, 3.05) is 10.6 Å². The Labute approximate surface area is 202 Å². The maximum Gasteiger partial charge on any atom is 0.273 e. The van der Waals surface area contributed by atoms with Crippen LogP contribution in [-0.2, 0) is 15.5 Å². The molecule has 9 heteroatoms. The summed E-state index contributed by atoms with van der Waals surface area (Å²) in [6.45, 7) is 4.59. The van der Waals surface area contributed by atoms with E-state index in [-0.39, 0.29) is 22.9 Å². The van der Waals surface area contributed by atoms with Gasteiger partial charge in [-0.3, -0.25) is 19.0 Å². The summed E-state index contributed by atoms with van der Waals surface area (Å²) in [6, 6.07) is 12.1. The smallest absolute Gasteiger partial charge is 0.273 e. The van der Waals surface area contributed by atoms with E-state index in [2.05, 4.69) is 10.6 Å². The lowest BCUT2D eigenvalue weighted by Crippen LogP contribution is -2.38. The SMILES string of the molecule is CCCC(=O)n1ccc2ccc(NC(=O)C(C(C)=N)C(=O)Nc3cccc(C(F)(F)CC)c3)cc21. The Kier molecular flexibility index (Phi) is 7.78. The van der Waals surface area contributed by atoms with E-state index < -0.39 is 30.1 Å². The van der Waals surface area contributed by atoms with Gasteiger partial charge in [-0.2, -0.15) is 0 Å². The molecule has 0 fully saturated rings. The number of halogens is 2. The summed E-state index contributed by atoms with van der Waals surface area (Å²) in [5.74, 6) is -6.16. The van der Waals surface area contributed by atoms with Crippen LogP contribution in [0.15, 0.2) is 54.7 Å². The van der Waals surface area contributed by atoms with Gasteiger partial charge in [0.1, 0.15) is 0 Å². The summed E-state index contributed by atoms with van der Waals surface area (Å²) in [4.78, 5) is 38.2. The minimum atomic E-state index is -3.05. The number of carbonyl (C=O) groups is 3. The van der Waals surface area contributed by atoms with Crippen LogP contribution in [0.25, 0.3) is 10.9 Å². The zero-order chi connectivity index (χ0) is 25.8. The first-order valence-corrected chi connectivity index (χ1v) is 11.4. The molecule has 1 heterocycles. The third kappa shape index (κ3) is 5.79. The minimum absolute atomic E-state index is 0.0746. The predicted octanol–water partition coefficient (Wildman–Crippen LogP) is 5.82. The highest BCUT2D eigenvalue weighted by molar-refractivity contribution is 6.24. The van der Waals surface area contributed by atoms with Crippen molar-refractivity contribution < 1.29 is 23.2 Å². The van der Waals surface area contributed by atoms with Crippen molar-refractivity contribution in [3.05, 3.63) is 60.3 Å².